The summed E-state index contributed by atoms with van der Waals surface area (Å²) in [5.74, 6) is 0.434. The summed E-state index contributed by atoms with van der Waals surface area (Å²) >= 11 is 0. The number of piperazine rings is 1. The summed E-state index contributed by atoms with van der Waals surface area (Å²) in [5.41, 5.74) is 1.67. The van der Waals surface area contributed by atoms with Gasteiger partial charge in [0.15, 0.2) is 5.58 Å². The Morgan fingerprint density at radius 2 is 1.74 bits per heavy atom. The molecule has 0 bridgehead atoms. The minimum absolute atomic E-state index is 0.0581. The molecule has 1 atom stereocenters. The topological polar surface area (TPSA) is 81.9 Å². The second-order valence-corrected chi connectivity index (χ2v) is 9.05. The zero-order valence-electron chi connectivity index (χ0n) is 18.1. The van der Waals surface area contributed by atoms with Crippen LogP contribution in [0.3, 0.4) is 0 Å². The van der Waals surface area contributed by atoms with E-state index in [1.165, 1.54) is 0 Å². The van der Waals surface area contributed by atoms with E-state index in [0.717, 1.165) is 63.0 Å². The summed E-state index contributed by atoms with van der Waals surface area (Å²) in [6.45, 7) is 6.44. The van der Waals surface area contributed by atoms with Crippen molar-refractivity contribution in [2.75, 3.05) is 44.2 Å². The number of nitrogens with one attached hydrogen (secondary N) is 1. The van der Waals surface area contributed by atoms with Crippen molar-refractivity contribution in [3.8, 4) is 0 Å². The Morgan fingerprint density at radius 3 is 2.42 bits per heavy atom. The molecular formula is C23H31N5O3. The molecule has 1 saturated carbocycles. The lowest BCUT2D eigenvalue weighted by Gasteiger charge is -2.40. The van der Waals surface area contributed by atoms with Gasteiger partial charge < -0.3 is 19.5 Å². The van der Waals surface area contributed by atoms with E-state index < -0.39 is 0 Å². The highest BCUT2D eigenvalue weighted by molar-refractivity contribution is 5.82. The van der Waals surface area contributed by atoms with Crippen molar-refractivity contribution >= 4 is 28.9 Å². The molecule has 8 nitrogen and oxygen atoms in total. The van der Waals surface area contributed by atoms with E-state index in [0.29, 0.717) is 25.1 Å². The van der Waals surface area contributed by atoms with Crippen molar-refractivity contribution in [2.45, 2.75) is 44.7 Å². The predicted octanol–water partition coefficient (Wildman–Crippen LogP) is 1.86. The first kappa shape index (κ1) is 20.3. The van der Waals surface area contributed by atoms with E-state index in [2.05, 4.69) is 20.1 Å². The Kier molecular flexibility index (Phi) is 5.56. The van der Waals surface area contributed by atoms with Gasteiger partial charge in [-0.1, -0.05) is 12.1 Å². The predicted molar refractivity (Wildman–Crippen MR) is 118 cm³/mol. The molecule has 2 aliphatic heterocycles. The maximum atomic E-state index is 13.1. The maximum absolute atomic E-state index is 13.1. The second kappa shape index (κ2) is 8.49. The van der Waals surface area contributed by atoms with Gasteiger partial charge in [0.25, 0.3) is 6.01 Å². The van der Waals surface area contributed by atoms with Gasteiger partial charge in [0.2, 0.25) is 11.8 Å². The second-order valence-electron chi connectivity index (χ2n) is 9.05. The lowest BCUT2D eigenvalue weighted by molar-refractivity contribution is -0.138. The van der Waals surface area contributed by atoms with Crippen LogP contribution in [0.1, 0.15) is 32.6 Å². The van der Waals surface area contributed by atoms with Crippen LogP contribution in [0.15, 0.2) is 28.7 Å². The molecule has 1 unspecified atom stereocenters. The van der Waals surface area contributed by atoms with Gasteiger partial charge in [-0.05, 0) is 44.7 Å². The minimum Gasteiger partial charge on any atom is -0.423 e. The summed E-state index contributed by atoms with van der Waals surface area (Å²) in [7, 11) is 0. The van der Waals surface area contributed by atoms with E-state index in [9.17, 15) is 9.59 Å². The van der Waals surface area contributed by atoms with Gasteiger partial charge >= 0.3 is 0 Å². The third kappa shape index (κ3) is 4.39. The third-order valence-electron chi connectivity index (χ3n) is 6.87. The molecule has 1 N–H and O–H groups in total. The number of hydrogen-bond acceptors (Lipinski definition) is 6. The Morgan fingerprint density at radius 1 is 1.03 bits per heavy atom. The van der Waals surface area contributed by atoms with E-state index in [4.69, 9.17) is 4.42 Å². The molecule has 8 heteroatoms. The van der Waals surface area contributed by atoms with Crippen LogP contribution in [0.5, 0.6) is 0 Å². The number of benzene rings is 1. The maximum Gasteiger partial charge on any atom is 0.298 e. The molecule has 1 aromatic carbocycles. The number of oxazole rings is 1. The number of piperidine rings is 1. The molecule has 3 heterocycles. The van der Waals surface area contributed by atoms with Crippen molar-refractivity contribution in [3.05, 3.63) is 24.3 Å². The molecule has 0 spiro atoms. The molecule has 2 saturated heterocycles. The Bertz CT molecular complexity index is 907. The number of amides is 2. The average molecular weight is 426 g/mol. The SMILES string of the molecule is CC(C(=O)NC1CC1)N1CCN(C(=O)C2CCN(c3nc4ccccc4o3)CC2)CC1. The van der Waals surface area contributed by atoms with Crippen LogP contribution in [0.2, 0.25) is 0 Å². The minimum atomic E-state index is -0.127. The lowest BCUT2D eigenvalue weighted by Crippen LogP contribution is -2.56. The van der Waals surface area contributed by atoms with E-state index >= 15 is 0 Å². The molecule has 3 fully saturated rings. The molecule has 166 valence electrons. The van der Waals surface area contributed by atoms with E-state index in [1.54, 1.807) is 0 Å². The number of aromatic nitrogens is 1. The van der Waals surface area contributed by atoms with Crippen molar-refractivity contribution in [1.29, 1.82) is 0 Å². The van der Waals surface area contributed by atoms with E-state index in [1.807, 2.05) is 36.1 Å². The zero-order chi connectivity index (χ0) is 21.4. The summed E-state index contributed by atoms with van der Waals surface area (Å²) in [4.78, 5) is 36.3. The summed E-state index contributed by atoms with van der Waals surface area (Å²) in [5, 5.41) is 3.08. The number of carbonyl (C=O) groups is 2. The number of nitrogens with zero attached hydrogens (tertiary/aromatic N) is 4. The number of carbonyl (C=O) groups excluding carboxylic acids is 2. The third-order valence-corrected chi connectivity index (χ3v) is 6.87. The highest BCUT2D eigenvalue weighted by atomic mass is 16.4. The Balaban J connectivity index is 1.10. The van der Waals surface area contributed by atoms with E-state index in [-0.39, 0.29) is 23.8 Å². The Hall–Kier alpha value is -2.61. The fraction of sp³-hybridized carbons (Fsp3) is 0.609. The number of rotatable bonds is 5. The first-order valence-electron chi connectivity index (χ1n) is 11.5. The zero-order valence-corrected chi connectivity index (χ0v) is 18.1. The first-order valence-corrected chi connectivity index (χ1v) is 11.5. The molecule has 5 rings (SSSR count). The molecule has 0 radical (unpaired) electrons. The molecule has 31 heavy (non-hydrogen) atoms. The molecule has 2 aromatic rings. The van der Waals surface area contributed by atoms with Crippen molar-refractivity contribution < 1.29 is 14.0 Å². The smallest absolute Gasteiger partial charge is 0.298 e. The van der Waals surface area contributed by atoms with Gasteiger partial charge in [0, 0.05) is 51.2 Å². The van der Waals surface area contributed by atoms with Crippen LogP contribution < -0.4 is 10.2 Å². The van der Waals surface area contributed by atoms with Crippen LogP contribution in [-0.4, -0.2) is 78.0 Å². The van der Waals surface area contributed by atoms with Crippen LogP contribution in [-0.2, 0) is 9.59 Å². The standard InChI is InChI=1S/C23H31N5O3/c1-16(21(29)24-18-6-7-18)26-12-14-27(15-13-26)22(30)17-8-10-28(11-9-17)23-25-19-4-2-3-5-20(19)31-23/h2-5,16-18H,6-15H2,1H3,(H,24,29). The van der Waals surface area contributed by atoms with Crippen molar-refractivity contribution in [2.24, 2.45) is 5.92 Å². The average Bonchev–Trinajstić information content (AvgIpc) is 3.52. The van der Waals surface area contributed by atoms with Gasteiger partial charge in [-0.25, -0.2) is 0 Å². The number of fused-ring (bicyclic) bond motifs is 1. The normalized spacial score (nSPS) is 22.0. The fourth-order valence-electron chi connectivity index (χ4n) is 4.62. The van der Waals surface area contributed by atoms with Crippen LogP contribution in [0.4, 0.5) is 6.01 Å². The van der Waals surface area contributed by atoms with Crippen LogP contribution in [0.25, 0.3) is 11.1 Å². The van der Waals surface area contributed by atoms with Crippen molar-refractivity contribution in [3.63, 3.8) is 0 Å². The fourth-order valence-corrected chi connectivity index (χ4v) is 4.62. The van der Waals surface area contributed by atoms with Gasteiger partial charge in [0.1, 0.15) is 5.52 Å². The largest absolute Gasteiger partial charge is 0.423 e. The lowest BCUT2D eigenvalue weighted by atomic mass is 9.95. The number of para-hydroxylation sites is 2. The molecule has 2 amide bonds. The van der Waals surface area contributed by atoms with Gasteiger partial charge in [-0.3, -0.25) is 14.5 Å². The Labute approximate surface area is 182 Å². The van der Waals surface area contributed by atoms with Crippen molar-refractivity contribution in [1.82, 2.24) is 20.1 Å². The van der Waals surface area contributed by atoms with Gasteiger partial charge in [-0.15, -0.1) is 0 Å². The summed E-state index contributed by atoms with van der Waals surface area (Å²) in [6.07, 6.45) is 3.84. The highest BCUT2D eigenvalue weighted by Crippen LogP contribution is 2.27. The highest BCUT2D eigenvalue weighted by Gasteiger charge is 2.34. The summed E-state index contributed by atoms with van der Waals surface area (Å²) < 4.78 is 5.88. The van der Waals surface area contributed by atoms with Crippen LogP contribution in [0, 0.1) is 5.92 Å². The number of hydrogen-bond donors (Lipinski definition) is 1. The summed E-state index contributed by atoms with van der Waals surface area (Å²) in [6, 6.07) is 8.70. The van der Waals surface area contributed by atoms with Crippen LogP contribution >= 0.6 is 0 Å². The first-order chi connectivity index (χ1) is 15.1. The molecule has 1 aliphatic carbocycles. The molecule has 3 aliphatic rings. The molecule has 1 aromatic heterocycles. The number of anilines is 1. The molecular weight excluding hydrogens is 394 g/mol. The van der Waals surface area contributed by atoms with Gasteiger partial charge in [0.05, 0.1) is 6.04 Å². The monoisotopic (exact) mass is 425 g/mol. The van der Waals surface area contributed by atoms with Gasteiger partial charge in [-0.2, -0.15) is 4.98 Å². The quantitative estimate of drug-likeness (QED) is 0.788.